The molecule has 2 aromatic carbocycles. The van der Waals surface area contributed by atoms with Gasteiger partial charge in [-0.3, -0.25) is 14.5 Å². The summed E-state index contributed by atoms with van der Waals surface area (Å²) in [5, 5.41) is 10.1. The minimum Gasteiger partial charge on any atom is -0.326 e. The summed E-state index contributed by atoms with van der Waals surface area (Å²) in [5.74, 6) is 1.32. The van der Waals surface area contributed by atoms with E-state index < -0.39 is 0 Å². The summed E-state index contributed by atoms with van der Waals surface area (Å²) in [6, 6.07) is 17.5. The molecule has 2 heterocycles. The Morgan fingerprint density at radius 2 is 1.90 bits per heavy atom. The second kappa shape index (κ2) is 9.01. The number of aromatic nitrogens is 5. The Morgan fingerprint density at radius 3 is 2.68 bits per heavy atom. The summed E-state index contributed by atoms with van der Waals surface area (Å²) in [5.41, 5.74) is 4.57. The van der Waals surface area contributed by atoms with E-state index in [1.807, 2.05) is 73.0 Å². The summed E-state index contributed by atoms with van der Waals surface area (Å²) in [7, 11) is 0. The molecule has 2 aromatic heterocycles. The van der Waals surface area contributed by atoms with Crippen LogP contribution in [0.15, 0.2) is 60.8 Å². The fraction of sp³-hybridized carbons (Fsp3) is 0.174. The molecule has 8 heteroatoms. The van der Waals surface area contributed by atoms with Gasteiger partial charge in [0.25, 0.3) is 0 Å². The SMILES string of the molecule is Cc1ccc(-c2n[nH]c(=S)n2CCC(=O)Nc2cccc(-c3ccnc(C)n3)c2)cc1. The highest BCUT2D eigenvalue weighted by atomic mass is 32.1. The van der Waals surface area contributed by atoms with Gasteiger partial charge >= 0.3 is 0 Å². The Kier molecular flexibility index (Phi) is 5.99. The van der Waals surface area contributed by atoms with Gasteiger partial charge in [0.1, 0.15) is 5.82 Å². The standard InChI is InChI=1S/C23H22N6OS/c1-15-6-8-17(9-7-15)22-27-28-23(31)29(22)13-11-21(30)26-19-5-3-4-18(14-19)20-10-12-24-16(2)25-20/h3-10,12,14H,11,13H2,1-2H3,(H,26,30)(H,28,31). The lowest BCUT2D eigenvalue weighted by atomic mass is 10.1. The molecule has 0 aliphatic heterocycles. The van der Waals surface area contributed by atoms with Gasteiger partial charge in [0, 0.05) is 36.0 Å². The maximum atomic E-state index is 12.6. The van der Waals surface area contributed by atoms with Crippen LogP contribution in [0, 0.1) is 18.6 Å². The molecule has 0 saturated heterocycles. The highest BCUT2D eigenvalue weighted by molar-refractivity contribution is 7.71. The number of amides is 1. The first kappa shape index (κ1) is 20.6. The molecule has 4 rings (SSSR count). The third-order valence-electron chi connectivity index (χ3n) is 4.85. The molecule has 1 amide bonds. The van der Waals surface area contributed by atoms with Crippen LogP contribution in [0.3, 0.4) is 0 Å². The van der Waals surface area contributed by atoms with Crippen molar-refractivity contribution < 1.29 is 4.79 Å². The van der Waals surface area contributed by atoms with Gasteiger partial charge in [-0.1, -0.05) is 42.0 Å². The van der Waals surface area contributed by atoms with E-state index in [1.165, 1.54) is 5.56 Å². The smallest absolute Gasteiger partial charge is 0.226 e. The van der Waals surface area contributed by atoms with Crippen molar-refractivity contribution in [3.63, 3.8) is 0 Å². The molecule has 7 nitrogen and oxygen atoms in total. The van der Waals surface area contributed by atoms with Crippen molar-refractivity contribution in [3.05, 3.63) is 77.0 Å². The second-order valence-electron chi connectivity index (χ2n) is 7.24. The van der Waals surface area contributed by atoms with Crippen LogP contribution in [0.4, 0.5) is 5.69 Å². The van der Waals surface area contributed by atoms with Gasteiger partial charge in [0.15, 0.2) is 10.6 Å². The van der Waals surface area contributed by atoms with E-state index in [1.54, 1.807) is 6.20 Å². The maximum Gasteiger partial charge on any atom is 0.226 e. The Morgan fingerprint density at radius 1 is 1.10 bits per heavy atom. The molecule has 0 fully saturated rings. The molecule has 0 unspecified atom stereocenters. The number of carbonyl (C=O) groups is 1. The summed E-state index contributed by atoms with van der Waals surface area (Å²) in [6.07, 6.45) is 1.99. The van der Waals surface area contributed by atoms with Crippen molar-refractivity contribution in [2.75, 3.05) is 5.32 Å². The van der Waals surface area contributed by atoms with Crippen molar-refractivity contribution in [3.8, 4) is 22.6 Å². The Balaban J connectivity index is 1.45. The third kappa shape index (κ3) is 4.92. The van der Waals surface area contributed by atoms with Gasteiger partial charge in [-0.05, 0) is 44.3 Å². The number of nitrogens with zero attached hydrogens (tertiary/aromatic N) is 4. The number of aromatic amines is 1. The third-order valence-corrected chi connectivity index (χ3v) is 5.16. The van der Waals surface area contributed by atoms with E-state index in [0.29, 0.717) is 22.8 Å². The lowest BCUT2D eigenvalue weighted by Crippen LogP contribution is -2.15. The highest BCUT2D eigenvalue weighted by Gasteiger charge is 2.11. The summed E-state index contributed by atoms with van der Waals surface area (Å²) < 4.78 is 2.34. The number of hydrogen-bond donors (Lipinski definition) is 2. The first-order valence-electron chi connectivity index (χ1n) is 9.92. The van der Waals surface area contributed by atoms with Gasteiger partial charge < -0.3 is 5.32 Å². The topological polar surface area (TPSA) is 88.5 Å². The second-order valence-corrected chi connectivity index (χ2v) is 7.62. The van der Waals surface area contributed by atoms with Crippen molar-refractivity contribution in [2.24, 2.45) is 0 Å². The fourth-order valence-electron chi connectivity index (χ4n) is 3.26. The van der Waals surface area contributed by atoms with Gasteiger partial charge in [0.05, 0.1) is 5.69 Å². The fourth-order valence-corrected chi connectivity index (χ4v) is 3.48. The molecule has 0 bridgehead atoms. The van der Waals surface area contributed by atoms with E-state index in [4.69, 9.17) is 12.2 Å². The predicted molar refractivity (Wildman–Crippen MR) is 123 cm³/mol. The van der Waals surface area contributed by atoms with Gasteiger partial charge in [-0.15, -0.1) is 0 Å². The maximum absolute atomic E-state index is 12.6. The van der Waals surface area contributed by atoms with E-state index >= 15 is 0 Å². The number of aryl methyl sites for hydroxylation is 2. The molecule has 0 atom stereocenters. The van der Waals surface area contributed by atoms with Crippen molar-refractivity contribution >= 4 is 23.8 Å². The van der Waals surface area contributed by atoms with E-state index in [0.717, 1.165) is 22.6 Å². The van der Waals surface area contributed by atoms with E-state index in [9.17, 15) is 4.79 Å². The molecule has 0 aliphatic rings. The van der Waals surface area contributed by atoms with Crippen molar-refractivity contribution in [2.45, 2.75) is 26.8 Å². The van der Waals surface area contributed by atoms with Gasteiger partial charge in [-0.2, -0.15) is 5.10 Å². The van der Waals surface area contributed by atoms with Gasteiger partial charge in [0.2, 0.25) is 5.91 Å². The lowest BCUT2D eigenvalue weighted by Gasteiger charge is -2.09. The summed E-state index contributed by atoms with van der Waals surface area (Å²) in [4.78, 5) is 21.2. The van der Waals surface area contributed by atoms with E-state index in [2.05, 4.69) is 25.5 Å². The normalized spacial score (nSPS) is 10.8. The van der Waals surface area contributed by atoms with Crippen LogP contribution in [-0.4, -0.2) is 30.6 Å². The van der Waals surface area contributed by atoms with Crippen LogP contribution in [0.5, 0.6) is 0 Å². The zero-order valence-corrected chi connectivity index (χ0v) is 18.1. The number of nitrogens with one attached hydrogen (secondary N) is 2. The Hall–Kier alpha value is -3.65. The Bertz CT molecular complexity index is 1280. The average molecular weight is 431 g/mol. The predicted octanol–water partition coefficient (Wildman–Crippen LogP) is 4.71. The van der Waals surface area contributed by atoms with Crippen molar-refractivity contribution in [1.29, 1.82) is 0 Å². The molecule has 0 aliphatic carbocycles. The molecule has 156 valence electrons. The Labute approximate surface area is 185 Å². The number of benzene rings is 2. The monoisotopic (exact) mass is 430 g/mol. The lowest BCUT2D eigenvalue weighted by molar-refractivity contribution is -0.116. The zero-order valence-electron chi connectivity index (χ0n) is 17.3. The number of rotatable bonds is 6. The van der Waals surface area contributed by atoms with Gasteiger partial charge in [-0.25, -0.2) is 9.97 Å². The molecular weight excluding hydrogens is 408 g/mol. The van der Waals surface area contributed by atoms with Crippen LogP contribution < -0.4 is 5.32 Å². The number of hydrogen-bond acceptors (Lipinski definition) is 5. The largest absolute Gasteiger partial charge is 0.326 e. The summed E-state index contributed by atoms with van der Waals surface area (Å²) in [6.45, 7) is 4.31. The van der Waals surface area contributed by atoms with Crippen LogP contribution in [0.2, 0.25) is 0 Å². The minimum atomic E-state index is -0.103. The zero-order chi connectivity index (χ0) is 21.8. The molecule has 4 aromatic rings. The van der Waals surface area contributed by atoms with Crippen LogP contribution in [-0.2, 0) is 11.3 Å². The number of anilines is 1. The van der Waals surface area contributed by atoms with Crippen LogP contribution >= 0.6 is 12.2 Å². The first-order chi connectivity index (χ1) is 15.0. The molecule has 0 radical (unpaired) electrons. The molecule has 31 heavy (non-hydrogen) atoms. The van der Waals surface area contributed by atoms with E-state index in [-0.39, 0.29) is 12.3 Å². The van der Waals surface area contributed by atoms with Crippen LogP contribution in [0.1, 0.15) is 17.8 Å². The van der Waals surface area contributed by atoms with Crippen LogP contribution in [0.25, 0.3) is 22.6 Å². The quantitative estimate of drug-likeness (QED) is 0.433. The first-order valence-corrected chi connectivity index (χ1v) is 10.3. The van der Waals surface area contributed by atoms with Crippen molar-refractivity contribution in [1.82, 2.24) is 24.7 Å². The average Bonchev–Trinajstić information content (AvgIpc) is 3.13. The molecule has 0 spiro atoms. The molecular formula is C23H22N6OS. The number of H-pyrrole nitrogens is 1. The number of carbonyl (C=O) groups excluding carboxylic acids is 1. The highest BCUT2D eigenvalue weighted by Crippen LogP contribution is 2.21. The molecule has 0 saturated carbocycles. The summed E-state index contributed by atoms with van der Waals surface area (Å²) >= 11 is 5.36. The molecule has 2 N–H and O–H groups in total. The minimum absolute atomic E-state index is 0.103.